The van der Waals surface area contributed by atoms with Crippen LogP contribution < -0.4 is 10.5 Å². The molecule has 5 N–H and O–H groups in total. The second-order valence-corrected chi connectivity index (χ2v) is 6.91. The van der Waals surface area contributed by atoms with Crippen LogP contribution in [0.1, 0.15) is 13.2 Å². The number of aromatic nitrogens is 4. The highest BCUT2D eigenvalue weighted by Gasteiger charge is 2.44. The normalized spacial score (nSPS) is 26.7. The summed E-state index contributed by atoms with van der Waals surface area (Å²) >= 11 is 0. The number of hydrogen-bond acceptors (Lipinski definition) is 11. The van der Waals surface area contributed by atoms with Crippen molar-refractivity contribution in [3.05, 3.63) is 18.0 Å². The zero-order chi connectivity index (χ0) is 21.6. The molecule has 2 amide bonds. The monoisotopic (exact) mass is 420 g/mol. The molecule has 13 nitrogen and oxygen atoms in total. The molecule has 2 aliphatic rings. The van der Waals surface area contributed by atoms with Gasteiger partial charge in [0.05, 0.1) is 19.5 Å². The topological polar surface area (TPSA) is 186 Å². The number of amides is 2. The molecule has 30 heavy (non-hydrogen) atoms. The minimum Gasteiger partial charge on any atom is -0.474 e. The first kappa shape index (κ1) is 20.2. The van der Waals surface area contributed by atoms with E-state index in [1.165, 1.54) is 17.0 Å². The summed E-state index contributed by atoms with van der Waals surface area (Å²) in [7, 11) is 0. The molecular formula is C17H20N6O7. The van der Waals surface area contributed by atoms with Crippen LogP contribution in [0.25, 0.3) is 11.2 Å². The molecule has 2 aromatic heterocycles. The summed E-state index contributed by atoms with van der Waals surface area (Å²) < 4.78 is 12.4. The van der Waals surface area contributed by atoms with Gasteiger partial charge in [-0.2, -0.15) is 9.97 Å². The van der Waals surface area contributed by atoms with Crippen LogP contribution in [0.5, 0.6) is 5.88 Å². The Morgan fingerprint density at radius 1 is 1.27 bits per heavy atom. The first-order valence-electron chi connectivity index (χ1n) is 9.11. The first-order valence-corrected chi connectivity index (χ1v) is 9.11. The predicted molar refractivity (Wildman–Crippen MR) is 98.7 cm³/mol. The van der Waals surface area contributed by atoms with Crippen LogP contribution in [0.15, 0.2) is 18.0 Å². The Kier molecular flexibility index (Phi) is 5.11. The molecule has 0 aliphatic carbocycles. The zero-order valence-corrected chi connectivity index (χ0v) is 15.9. The van der Waals surface area contributed by atoms with Crippen LogP contribution >= 0.6 is 0 Å². The van der Waals surface area contributed by atoms with Gasteiger partial charge in [-0.05, 0) is 6.92 Å². The van der Waals surface area contributed by atoms with Crippen LogP contribution in [0.2, 0.25) is 0 Å². The summed E-state index contributed by atoms with van der Waals surface area (Å²) in [5, 5.41) is 29.5. The molecule has 4 rings (SSSR count). The number of aliphatic hydroxyl groups is 3. The lowest BCUT2D eigenvalue weighted by Crippen LogP contribution is -2.34. The minimum atomic E-state index is -1.33. The van der Waals surface area contributed by atoms with Crippen molar-refractivity contribution in [3.63, 3.8) is 0 Å². The number of hydrogen-bond donors (Lipinski definition) is 4. The van der Waals surface area contributed by atoms with E-state index in [4.69, 9.17) is 15.2 Å². The van der Waals surface area contributed by atoms with Crippen LogP contribution in [-0.2, 0) is 14.3 Å². The molecule has 0 unspecified atom stereocenters. The molecule has 1 fully saturated rings. The van der Waals surface area contributed by atoms with Gasteiger partial charge in [-0.3, -0.25) is 19.1 Å². The molecule has 4 atom stereocenters. The van der Waals surface area contributed by atoms with Gasteiger partial charge in [-0.25, -0.2) is 4.98 Å². The Balaban J connectivity index is 1.54. The number of anilines is 1. The summed E-state index contributed by atoms with van der Waals surface area (Å²) in [5.74, 6) is -0.921. The summed E-state index contributed by atoms with van der Waals surface area (Å²) in [6, 6.07) is 0. The highest BCUT2D eigenvalue weighted by atomic mass is 16.6. The van der Waals surface area contributed by atoms with Gasteiger partial charge in [-0.15, -0.1) is 0 Å². The van der Waals surface area contributed by atoms with Crippen LogP contribution in [0, 0.1) is 0 Å². The van der Waals surface area contributed by atoms with E-state index < -0.39 is 37.1 Å². The summed E-state index contributed by atoms with van der Waals surface area (Å²) in [5.41, 5.74) is 6.50. The van der Waals surface area contributed by atoms with E-state index in [1.807, 2.05) is 0 Å². The molecule has 160 valence electrons. The van der Waals surface area contributed by atoms with Crippen molar-refractivity contribution >= 4 is 28.9 Å². The van der Waals surface area contributed by atoms with Crippen LogP contribution in [0.4, 0.5) is 5.95 Å². The Hall–Kier alpha value is -3.13. The van der Waals surface area contributed by atoms with Crippen molar-refractivity contribution in [1.82, 2.24) is 24.4 Å². The van der Waals surface area contributed by atoms with E-state index in [1.54, 1.807) is 6.92 Å². The van der Waals surface area contributed by atoms with E-state index in [2.05, 4.69) is 15.0 Å². The quantitative estimate of drug-likeness (QED) is 0.369. The molecule has 1 saturated heterocycles. The molecular weight excluding hydrogens is 400 g/mol. The van der Waals surface area contributed by atoms with Gasteiger partial charge in [0.15, 0.2) is 17.4 Å². The molecule has 2 aromatic rings. The standard InChI is InChI=1S/C17H20N6O7/c1-7-4-9(25)22(15(7)28)2-3-29-14-10-13(20-17(18)21-14)23(6-19-10)16-12(27)11(26)8(5-24)30-16/h4,6,8,11-12,16,24,26-27H,2-3,5H2,1H3,(H2,18,20,21)/t8-,11-,12-,16-/m1/s1. The molecule has 2 aliphatic heterocycles. The highest BCUT2D eigenvalue weighted by Crippen LogP contribution is 2.33. The highest BCUT2D eigenvalue weighted by molar-refractivity contribution is 6.15. The molecule has 4 heterocycles. The average molecular weight is 420 g/mol. The lowest BCUT2D eigenvalue weighted by molar-refractivity contribution is -0.137. The van der Waals surface area contributed by atoms with Gasteiger partial charge in [0.1, 0.15) is 24.9 Å². The number of nitrogens with two attached hydrogens (primary N) is 1. The summed E-state index contributed by atoms with van der Waals surface area (Å²) in [6.45, 7) is 1.03. The summed E-state index contributed by atoms with van der Waals surface area (Å²) in [6.07, 6.45) is -2.08. The molecule has 0 spiro atoms. The Morgan fingerprint density at radius 3 is 2.67 bits per heavy atom. The van der Waals surface area contributed by atoms with Crippen molar-refractivity contribution in [2.24, 2.45) is 0 Å². The van der Waals surface area contributed by atoms with Gasteiger partial charge in [0.2, 0.25) is 11.8 Å². The third kappa shape index (κ3) is 3.27. The predicted octanol–water partition coefficient (Wildman–Crippen LogP) is -2.29. The molecule has 13 heteroatoms. The number of ether oxygens (including phenoxy) is 2. The maximum atomic E-state index is 11.9. The van der Waals surface area contributed by atoms with Gasteiger partial charge in [0, 0.05) is 11.6 Å². The van der Waals surface area contributed by atoms with Gasteiger partial charge < -0.3 is 30.5 Å². The number of nitrogens with zero attached hydrogens (tertiary/aromatic N) is 5. The fourth-order valence-electron chi connectivity index (χ4n) is 3.39. The fourth-order valence-corrected chi connectivity index (χ4v) is 3.39. The van der Waals surface area contributed by atoms with Crippen LogP contribution in [-0.4, -0.2) is 89.6 Å². The smallest absolute Gasteiger partial charge is 0.256 e. The van der Waals surface area contributed by atoms with E-state index in [0.29, 0.717) is 5.57 Å². The number of rotatable bonds is 6. The lowest BCUT2D eigenvalue weighted by Gasteiger charge is -2.17. The SMILES string of the molecule is CC1=CC(=O)N(CCOc2nc(N)nc3c2ncn3[C@@H]2O[C@H](CO)[C@@H](O)[C@H]2O)C1=O. The zero-order valence-electron chi connectivity index (χ0n) is 15.9. The number of imidazole rings is 1. The Labute approximate surface area is 169 Å². The van der Waals surface area contributed by atoms with E-state index in [0.717, 1.165) is 4.90 Å². The van der Waals surface area contributed by atoms with E-state index in [-0.39, 0.29) is 42.1 Å². The molecule has 0 aromatic carbocycles. The fraction of sp³-hybridized carbons (Fsp3) is 0.471. The van der Waals surface area contributed by atoms with Gasteiger partial charge in [-0.1, -0.05) is 0 Å². The number of aliphatic hydroxyl groups excluding tert-OH is 3. The molecule has 0 saturated carbocycles. The second-order valence-electron chi connectivity index (χ2n) is 6.91. The van der Waals surface area contributed by atoms with Crippen molar-refractivity contribution < 1.29 is 34.4 Å². The number of carbonyl (C=O) groups is 2. The summed E-state index contributed by atoms with van der Waals surface area (Å²) in [4.78, 5) is 37.0. The first-order chi connectivity index (χ1) is 14.3. The third-order valence-corrected chi connectivity index (χ3v) is 4.94. The Bertz CT molecular complexity index is 1040. The number of nitrogen functional groups attached to an aromatic ring is 1. The second kappa shape index (κ2) is 7.60. The van der Waals surface area contributed by atoms with Crippen molar-refractivity contribution in [2.75, 3.05) is 25.5 Å². The number of carbonyl (C=O) groups excluding carboxylic acids is 2. The van der Waals surface area contributed by atoms with Crippen LogP contribution in [0.3, 0.4) is 0 Å². The number of imide groups is 1. The van der Waals surface area contributed by atoms with Crippen molar-refractivity contribution in [3.8, 4) is 5.88 Å². The maximum Gasteiger partial charge on any atom is 0.256 e. The van der Waals surface area contributed by atoms with E-state index in [9.17, 15) is 24.9 Å². The minimum absolute atomic E-state index is 0.00639. The molecule has 0 bridgehead atoms. The average Bonchev–Trinajstić information content (AvgIpc) is 3.32. The molecule has 0 radical (unpaired) electrons. The maximum absolute atomic E-state index is 11.9. The van der Waals surface area contributed by atoms with Gasteiger partial charge in [0.25, 0.3) is 11.8 Å². The van der Waals surface area contributed by atoms with Gasteiger partial charge >= 0.3 is 0 Å². The largest absolute Gasteiger partial charge is 0.474 e. The lowest BCUT2D eigenvalue weighted by atomic mass is 10.1. The van der Waals surface area contributed by atoms with Crippen molar-refractivity contribution in [2.45, 2.75) is 31.5 Å². The Morgan fingerprint density at radius 2 is 2.03 bits per heavy atom. The van der Waals surface area contributed by atoms with Crippen molar-refractivity contribution in [1.29, 1.82) is 0 Å². The van der Waals surface area contributed by atoms with E-state index >= 15 is 0 Å². The third-order valence-electron chi connectivity index (χ3n) is 4.94. The number of fused-ring (bicyclic) bond motifs is 1.